The summed E-state index contributed by atoms with van der Waals surface area (Å²) < 4.78 is 17.8. The van der Waals surface area contributed by atoms with E-state index in [0.29, 0.717) is 41.1 Å². The predicted octanol–water partition coefficient (Wildman–Crippen LogP) is 1.77. The fourth-order valence-corrected chi connectivity index (χ4v) is 2.51. The van der Waals surface area contributed by atoms with Crippen LogP contribution in [0.2, 0.25) is 0 Å². The van der Waals surface area contributed by atoms with E-state index in [1.54, 1.807) is 31.0 Å². The third-order valence-corrected chi connectivity index (χ3v) is 3.63. The van der Waals surface area contributed by atoms with Crippen LogP contribution in [0.5, 0.6) is 17.2 Å². The number of methoxy groups -OCH3 is 3. The van der Waals surface area contributed by atoms with Gasteiger partial charge in [-0.15, -0.1) is 0 Å². The Labute approximate surface area is 129 Å². The van der Waals surface area contributed by atoms with Crippen LogP contribution >= 0.6 is 0 Å². The molecule has 6 heteroatoms. The van der Waals surface area contributed by atoms with Crippen molar-refractivity contribution in [2.24, 2.45) is 5.73 Å². The molecule has 0 radical (unpaired) electrons. The van der Waals surface area contributed by atoms with E-state index in [2.05, 4.69) is 0 Å². The standard InChI is InChI=1S/C16H22N2O4/c1-20-13-10-12-11(14(21-2)15(13)22-3)6-9-18(16(12)19)8-5-4-7-17/h6,9-10H,4-5,7-8,17H2,1-3H3. The summed E-state index contributed by atoms with van der Waals surface area (Å²) in [6, 6.07) is 3.55. The maximum Gasteiger partial charge on any atom is 0.258 e. The molecule has 0 saturated heterocycles. The molecule has 0 atom stereocenters. The van der Waals surface area contributed by atoms with E-state index in [1.807, 2.05) is 6.07 Å². The van der Waals surface area contributed by atoms with Crippen molar-refractivity contribution in [3.63, 3.8) is 0 Å². The molecule has 120 valence electrons. The van der Waals surface area contributed by atoms with Gasteiger partial charge in [-0.25, -0.2) is 0 Å². The van der Waals surface area contributed by atoms with E-state index in [-0.39, 0.29) is 5.56 Å². The van der Waals surface area contributed by atoms with Gasteiger partial charge < -0.3 is 24.5 Å². The van der Waals surface area contributed by atoms with Gasteiger partial charge in [0.15, 0.2) is 11.5 Å². The lowest BCUT2D eigenvalue weighted by atomic mass is 10.1. The molecule has 1 heterocycles. The van der Waals surface area contributed by atoms with Crippen LogP contribution in [0.3, 0.4) is 0 Å². The monoisotopic (exact) mass is 306 g/mol. The van der Waals surface area contributed by atoms with E-state index in [0.717, 1.165) is 12.8 Å². The van der Waals surface area contributed by atoms with E-state index < -0.39 is 0 Å². The normalized spacial score (nSPS) is 10.7. The Morgan fingerprint density at radius 3 is 2.36 bits per heavy atom. The van der Waals surface area contributed by atoms with Gasteiger partial charge in [-0.1, -0.05) is 0 Å². The molecule has 22 heavy (non-hydrogen) atoms. The van der Waals surface area contributed by atoms with Crippen molar-refractivity contribution in [1.29, 1.82) is 0 Å². The Morgan fingerprint density at radius 2 is 1.77 bits per heavy atom. The quantitative estimate of drug-likeness (QED) is 0.789. The number of pyridine rings is 1. The summed E-state index contributed by atoms with van der Waals surface area (Å²) in [7, 11) is 4.62. The second kappa shape index (κ2) is 7.17. The molecule has 0 spiro atoms. The molecule has 2 aromatic rings. The number of ether oxygens (including phenoxy) is 3. The zero-order chi connectivity index (χ0) is 16.1. The van der Waals surface area contributed by atoms with Crippen LogP contribution < -0.4 is 25.5 Å². The first-order chi connectivity index (χ1) is 10.7. The van der Waals surface area contributed by atoms with Gasteiger partial charge in [0.25, 0.3) is 5.56 Å². The molecule has 6 nitrogen and oxygen atoms in total. The molecule has 0 amide bonds. The van der Waals surface area contributed by atoms with Crippen LogP contribution in [-0.4, -0.2) is 32.4 Å². The number of hydrogen-bond acceptors (Lipinski definition) is 5. The van der Waals surface area contributed by atoms with E-state index in [1.165, 1.54) is 7.11 Å². The molecule has 2 N–H and O–H groups in total. The molecule has 0 saturated carbocycles. The average Bonchev–Trinajstić information content (AvgIpc) is 2.55. The minimum atomic E-state index is -0.0752. The number of nitrogens with two attached hydrogens (primary N) is 1. The van der Waals surface area contributed by atoms with Crippen molar-refractivity contribution >= 4 is 10.8 Å². The lowest BCUT2D eigenvalue weighted by molar-refractivity contribution is 0.327. The summed E-state index contributed by atoms with van der Waals surface area (Å²) in [5.74, 6) is 1.46. The Morgan fingerprint density at radius 1 is 1.05 bits per heavy atom. The number of aromatic nitrogens is 1. The van der Waals surface area contributed by atoms with Gasteiger partial charge in [0, 0.05) is 18.1 Å². The zero-order valence-corrected chi connectivity index (χ0v) is 13.2. The average molecular weight is 306 g/mol. The topological polar surface area (TPSA) is 75.7 Å². The third-order valence-electron chi connectivity index (χ3n) is 3.63. The van der Waals surface area contributed by atoms with Gasteiger partial charge in [0.2, 0.25) is 5.75 Å². The van der Waals surface area contributed by atoms with Gasteiger partial charge >= 0.3 is 0 Å². The second-order valence-corrected chi connectivity index (χ2v) is 4.92. The third kappa shape index (κ3) is 2.87. The fraction of sp³-hybridized carbons (Fsp3) is 0.438. The summed E-state index contributed by atoms with van der Waals surface area (Å²) in [4.78, 5) is 12.6. The summed E-state index contributed by atoms with van der Waals surface area (Å²) in [5, 5.41) is 1.25. The Kier molecular flexibility index (Phi) is 5.27. The molecule has 0 aliphatic carbocycles. The number of hydrogen-bond donors (Lipinski definition) is 1. The first kappa shape index (κ1) is 16.2. The highest BCUT2D eigenvalue weighted by Gasteiger charge is 2.18. The minimum absolute atomic E-state index is 0.0752. The summed E-state index contributed by atoms with van der Waals surface area (Å²) in [6.45, 7) is 1.27. The molecule has 0 fully saturated rings. The SMILES string of the molecule is COc1cc2c(=O)n(CCCCN)ccc2c(OC)c1OC. The smallest absolute Gasteiger partial charge is 0.258 e. The number of rotatable bonds is 7. The second-order valence-electron chi connectivity index (χ2n) is 4.92. The maximum atomic E-state index is 12.6. The Balaban J connectivity index is 2.61. The van der Waals surface area contributed by atoms with Crippen LogP contribution in [0.15, 0.2) is 23.1 Å². The molecule has 1 aromatic heterocycles. The van der Waals surface area contributed by atoms with Crippen LogP contribution in [0.4, 0.5) is 0 Å². The fourth-order valence-electron chi connectivity index (χ4n) is 2.51. The highest BCUT2D eigenvalue weighted by molar-refractivity contribution is 5.92. The molecule has 0 aliphatic rings. The van der Waals surface area contributed by atoms with Crippen molar-refractivity contribution in [3.05, 3.63) is 28.7 Å². The highest BCUT2D eigenvalue weighted by atomic mass is 16.5. The zero-order valence-electron chi connectivity index (χ0n) is 13.2. The van der Waals surface area contributed by atoms with Crippen molar-refractivity contribution in [2.45, 2.75) is 19.4 Å². The molecule has 0 bridgehead atoms. The van der Waals surface area contributed by atoms with Gasteiger partial charge in [-0.05, 0) is 31.5 Å². The van der Waals surface area contributed by atoms with Crippen LogP contribution in [-0.2, 0) is 6.54 Å². The molecule has 0 aliphatic heterocycles. The lowest BCUT2D eigenvalue weighted by Crippen LogP contribution is -2.20. The van der Waals surface area contributed by atoms with Crippen LogP contribution in [0.25, 0.3) is 10.8 Å². The van der Waals surface area contributed by atoms with E-state index in [9.17, 15) is 4.79 Å². The number of unbranched alkanes of at least 4 members (excludes halogenated alkanes) is 1. The van der Waals surface area contributed by atoms with E-state index in [4.69, 9.17) is 19.9 Å². The van der Waals surface area contributed by atoms with Crippen LogP contribution in [0.1, 0.15) is 12.8 Å². The predicted molar refractivity (Wildman–Crippen MR) is 86.2 cm³/mol. The van der Waals surface area contributed by atoms with Crippen molar-refractivity contribution in [3.8, 4) is 17.2 Å². The lowest BCUT2D eigenvalue weighted by Gasteiger charge is -2.15. The van der Waals surface area contributed by atoms with Crippen molar-refractivity contribution in [2.75, 3.05) is 27.9 Å². The number of aryl methyl sites for hydroxylation is 1. The summed E-state index contributed by atoms with van der Waals surface area (Å²) >= 11 is 0. The summed E-state index contributed by atoms with van der Waals surface area (Å²) in [5.41, 5.74) is 5.42. The summed E-state index contributed by atoms with van der Waals surface area (Å²) in [6.07, 6.45) is 3.53. The van der Waals surface area contributed by atoms with E-state index >= 15 is 0 Å². The van der Waals surface area contributed by atoms with Crippen LogP contribution in [0, 0.1) is 0 Å². The van der Waals surface area contributed by atoms with Gasteiger partial charge in [0.05, 0.1) is 26.7 Å². The van der Waals surface area contributed by atoms with Crippen molar-refractivity contribution < 1.29 is 14.2 Å². The molecular formula is C16H22N2O4. The Hall–Kier alpha value is -2.21. The largest absolute Gasteiger partial charge is 0.493 e. The van der Waals surface area contributed by atoms with Gasteiger partial charge in [-0.2, -0.15) is 0 Å². The minimum Gasteiger partial charge on any atom is -0.493 e. The van der Waals surface area contributed by atoms with Gasteiger partial charge in [0.1, 0.15) is 0 Å². The molecular weight excluding hydrogens is 284 g/mol. The number of benzene rings is 1. The first-order valence-corrected chi connectivity index (χ1v) is 7.20. The highest BCUT2D eigenvalue weighted by Crippen LogP contribution is 2.42. The molecule has 0 unspecified atom stereocenters. The molecule has 2 rings (SSSR count). The maximum absolute atomic E-state index is 12.6. The molecule has 1 aromatic carbocycles. The van der Waals surface area contributed by atoms with Gasteiger partial charge in [-0.3, -0.25) is 4.79 Å². The first-order valence-electron chi connectivity index (χ1n) is 7.20. The number of fused-ring (bicyclic) bond motifs is 1. The Bertz CT molecular complexity index is 709. The number of nitrogens with zero attached hydrogens (tertiary/aromatic N) is 1. The van der Waals surface area contributed by atoms with Crippen molar-refractivity contribution in [1.82, 2.24) is 4.57 Å².